The number of halogens is 3. The Hall–Kier alpha value is -3.07. The molecule has 0 aliphatic heterocycles. The van der Waals surface area contributed by atoms with Gasteiger partial charge in [0.15, 0.2) is 6.10 Å². The number of rotatable bonds is 5. The Kier molecular flexibility index (Phi) is 5.83. The van der Waals surface area contributed by atoms with E-state index in [9.17, 15) is 28.5 Å². The molecule has 1 N–H and O–H groups in total. The van der Waals surface area contributed by atoms with Gasteiger partial charge in [-0.15, -0.1) is 0 Å². The molecule has 136 valence electrons. The number of carbonyl (C=O) groups is 2. The standard InChI is InChI=1S/C16H11ClF2N2O5/c1-8(26-16(23)14-10(17)3-2-4-12(14)19)15(22)20-9-5-6-11(18)13(7-9)21(24)25/h2-8H,1H3,(H,20,22)/t8-/m0/s1. The minimum Gasteiger partial charge on any atom is -0.449 e. The predicted molar refractivity (Wildman–Crippen MR) is 88.0 cm³/mol. The summed E-state index contributed by atoms with van der Waals surface area (Å²) in [5.74, 6) is -3.99. The van der Waals surface area contributed by atoms with E-state index < -0.39 is 45.8 Å². The highest BCUT2D eigenvalue weighted by molar-refractivity contribution is 6.33. The van der Waals surface area contributed by atoms with Crippen molar-refractivity contribution < 1.29 is 28.0 Å². The van der Waals surface area contributed by atoms with E-state index >= 15 is 0 Å². The number of anilines is 1. The molecule has 2 rings (SSSR count). The van der Waals surface area contributed by atoms with Crippen LogP contribution in [0.15, 0.2) is 36.4 Å². The number of nitro groups is 1. The lowest BCUT2D eigenvalue weighted by molar-refractivity contribution is -0.387. The molecule has 10 heteroatoms. The van der Waals surface area contributed by atoms with E-state index in [4.69, 9.17) is 16.3 Å². The summed E-state index contributed by atoms with van der Waals surface area (Å²) in [6.07, 6.45) is -1.37. The summed E-state index contributed by atoms with van der Waals surface area (Å²) >= 11 is 5.74. The second-order valence-electron chi connectivity index (χ2n) is 5.06. The van der Waals surface area contributed by atoms with Crippen LogP contribution in [-0.4, -0.2) is 22.9 Å². The van der Waals surface area contributed by atoms with Gasteiger partial charge in [0, 0.05) is 11.8 Å². The fraction of sp³-hybridized carbons (Fsp3) is 0.125. The first-order valence-corrected chi connectivity index (χ1v) is 7.48. The zero-order valence-corrected chi connectivity index (χ0v) is 13.9. The molecule has 1 amide bonds. The van der Waals surface area contributed by atoms with Gasteiger partial charge >= 0.3 is 11.7 Å². The van der Waals surface area contributed by atoms with Crippen LogP contribution in [0.4, 0.5) is 20.2 Å². The van der Waals surface area contributed by atoms with Gasteiger partial charge in [-0.2, -0.15) is 4.39 Å². The first-order chi connectivity index (χ1) is 12.2. The van der Waals surface area contributed by atoms with Gasteiger partial charge in [-0.1, -0.05) is 17.7 Å². The van der Waals surface area contributed by atoms with E-state index in [0.717, 1.165) is 24.3 Å². The van der Waals surface area contributed by atoms with Gasteiger partial charge in [-0.05, 0) is 31.2 Å². The molecule has 0 fully saturated rings. The van der Waals surface area contributed by atoms with Crippen molar-refractivity contribution in [2.45, 2.75) is 13.0 Å². The van der Waals surface area contributed by atoms with Crippen LogP contribution in [0.1, 0.15) is 17.3 Å². The molecule has 7 nitrogen and oxygen atoms in total. The summed E-state index contributed by atoms with van der Waals surface area (Å²) in [5.41, 5.74) is -1.42. The fourth-order valence-electron chi connectivity index (χ4n) is 1.94. The van der Waals surface area contributed by atoms with E-state index in [2.05, 4.69) is 5.32 Å². The molecule has 0 radical (unpaired) electrons. The van der Waals surface area contributed by atoms with Crippen molar-refractivity contribution in [1.82, 2.24) is 0 Å². The maximum Gasteiger partial charge on any atom is 0.343 e. The summed E-state index contributed by atoms with van der Waals surface area (Å²) in [6, 6.07) is 6.31. The number of hydrogen-bond acceptors (Lipinski definition) is 5. The van der Waals surface area contributed by atoms with Crippen LogP contribution in [0.2, 0.25) is 5.02 Å². The van der Waals surface area contributed by atoms with Gasteiger partial charge in [-0.3, -0.25) is 14.9 Å². The van der Waals surface area contributed by atoms with Crippen LogP contribution in [0.3, 0.4) is 0 Å². The van der Waals surface area contributed by atoms with E-state index in [0.29, 0.717) is 0 Å². The van der Waals surface area contributed by atoms with E-state index in [1.165, 1.54) is 19.1 Å². The SMILES string of the molecule is C[C@H](OC(=O)c1c(F)cccc1Cl)C(=O)Nc1ccc(F)c([N+](=O)[O-])c1. The topological polar surface area (TPSA) is 98.5 Å². The third-order valence-corrected chi connectivity index (χ3v) is 3.55. The lowest BCUT2D eigenvalue weighted by atomic mass is 10.2. The van der Waals surface area contributed by atoms with E-state index in [1.807, 2.05) is 0 Å². The number of carbonyl (C=O) groups excluding carboxylic acids is 2. The molecule has 0 aromatic heterocycles. The molecule has 0 heterocycles. The maximum absolute atomic E-state index is 13.7. The lowest BCUT2D eigenvalue weighted by Gasteiger charge is -2.14. The van der Waals surface area contributed by atoms with Crippen molar-refractivity contribution >= 4 is 34.9 Å². The average molecular weight is 385 g/mol. The van der Waals surface area contributed by atoms with Crippen molar-refractivity contribution in [1.29, 1.82) is 0 Å². The van der Waals surface area contributed by atoms with Crippen LogP contribution >= 0.6 is 11.6 Å². The van der Waals surface area contributed by atoms with Crippen LogP contribution in [0.5, 0.6) is 0 Å². The largest absolute Gasteiger partial charge is 0.449 e. The number of esters is 1. The first kappa shape index (κ1) is 19.3. The van der Waals surface area contributed by atoms with Crippen molar-refractivity contribution in [3.63, 3.8) is 0 Å². The number of nitrogens with one attached hydrogen (secondary N) is 1. The maximum atomic E-state index is 13.7. The number of nitrogens with zero attached hydrogens (tertiary/aromatic N) is 1. The molecule has 26 heavy (non-hydrogen) atoms. The summed E-state index contributed by atoms with van der Waals surface area (Å²) in [4.78, 5) is 33.8. The highest BCUT2D eigenvalue weighted by Crippen LogP contribution is 2.23. The van der Waals surface area contributed by atoms with Crippen molar-refractivity contribution in [3.05, 3.63) is 68.7 Å². The number of nitro benzene ring substituents is 1. The molecule has 0 saturated heterocycles. The Labute approximate surface area is 150 Å². The quantitative estimate of drug-likeness (QED) is 0.481. The van der Waals surface area contributed by atoms with Crippen LogP contribution in [0.25, 0.3) is 0 Å². The van der Waals surface area contributed by atoms with Gasteiger partial charge in [0.2, 0.25) is 5.82 Å². The molecule has 0 aliphatic carbocycles. The minimum atomic E-state index is -1.37. The predicted octanol–water partition coefficient (Wildman–Crippen LogP) is 3.71. The molecule has 0 unspecified atom stereocenters. The molecule has 1 atom stereocenters. The van der Waals surface area contributed by atoms with Gasteiger partial charge in [0.05, 0.1) is 9.95 Å². The molecule has 0 bridgehead atoms. The van der Waals surface area contributed by atoms with Crippen molar-refractivity contribution in [2.24, 2.45) is 0 Å². The third-order valence-electron chi connectivity index (χ3n) is 3.23. The first-order valence-electron chi connectivity index (χ1n) is 7.10. The van der Waals surface area contributed by atoms with Crippen molar-refractivity contribution in [3.8, 4) is 0 Å². The van der Waals surface area contributed by atoms with Gasteiger partial charge in [0.25, 0.3) is 5.91 Å². The fourth-order valence-corrected chi connectivity index (χ4v) is 2.18. The van der Waals surface area contributed by atoms with Crippen molar-refractivity contribution in [2.75, 3.05) is 5.32 Å². The van der Waals surface area contributed by atoms with Crippen LogP contribution < -0.4 is 5.32 Å². The lowest BCUT2D eigenvalue weighted by Crippen LogP contribution is -2.30. The number of ether oxygens (including phenoxy) is 1. The molecule has 2 aromatic rings. The molecule has 2 aromatic carbocycles. The Morgan fingerprint density at radius 3 is 2.54 bits per heavy atom. The smallest absolute Gasteiger partial charge is 0.343 e. The number of benzene rings is 2. The number of amides is 1. The summed E-state index contributed by atoms with van der Waals surface area (Å²) in [7, 11) is 0. The summed E-state index contributed by atoms with van der Waals surface area (Å²) in [6.45, 7) is 1.21. The number of hydrogen-bond donors (Lipinski definition) is 1. The second-order valence-corrected chi connectivity index (χ2v) is 5.46. The molecule has 0 saturated carbocycles. The molecular formula is C16H11ClF2N2O5. The Morgan fingerprint density at radius 2 is 1.92 bits per heavy atom. The highest BCUT2D eigenvalue weighted by atomic mass is 35.5. The molecular weight excluding hydrogens is 374 g/mol. The monoisotopic (exact) mass is 384 g/mol. The summed E-state index contributed by atoms with van der Waals surface area (Å²) in [5, 5.41) is 12.7. The van der Waals surface area contributed by atoms with Crippen LogP contribution in [-0.2, 0) is 9.53 Å². The van der Waals surface area contributed by atoms with Gasteiger partial charge in [-0.25, -0.2) is 9.18 Å². The van der Waals surface area contributed by atoms with Gasteiger partial charge in [0.1, 0.15) is 11.4 Å². The second kappa shape index (κ2) is 7.87. The molecule has 0 spiro atoms. The van der Waals surface area contributed by atoms with E-state index in [1.54, 1.807) is 0 Å². The average Bonchev–Trinajstić information content (AvgIpc) is 2.56. The molecule has 0 aliphatic rings. The summed E-state index contributed by atoms with van der Waals surface area (Å²) < 4.78 is 31.8. The Bertz CT molecular complexity index is 871. The van der Waals surface area contributed by atoms with Gasteiger partial charge < -0.3 is 10.1 Å². The van der Waals surface area contributed by atoms with E-state index in [-0.39, 0.29) is 10.7 Å². The Morgan fingerprint density at radius 1 is 1.23 bits per heavy atom. The Balaban J connectivity index is 2.10. The zero-order valence-electron chi connectivity index (χ0n) is 13.2. The highest BCUT2D eigenvalue weighted by Gasteiger charge is 2.24. The zero-order chi connectivity index (χ0) is 19.4. The minimum absolute atomic E-state index is 0.0741. The normalized spacial score (nSPS) is 11.5. The third kappa shape index (κ3) is 4.31. The van der Waals surface area contributed by atoms with Crippen LogP contribution in [0, 0.1) is 21.7 Å².